The first kappa shape index (κ1) is 16.5. The molecule has 1 aliphatic rings. The molecule has 1 aliphatic heterocycles. The summed E-state index contributed by atoms with van der Waals surface area (Å²) in [7, 11) is 0. The van der Waals surface area contributed by atoms with Crippen molar-refractivity contribution in [2.24, 2.45) is 0 Å². The quantitative estimate of drug-likeness (QED) is 0.894. The molecule has 21 heavy (non-hydrogen) atoms. The zero-order chi connectivity index (χ0) is 15.4. The number of nitrogens with one attached hydrogen (secondary N) is 1. The first-order chi connectivity index (χ1) is 10.0. The van der Waals surface area contributed by atoms with Gasteiger partial charge in [-0.2, -0.15) is 0 Å². The normalized spacial score (nSPS) is 25.8. The van der Waals surface area contributed by atoms with Crippen LogP contribution in [0, 0.1) is 0 Å². The van der Waals surface area contributed by atoms with Crippen LogP contribution >= 0.6 is 11.3 Å². The van der Waals surface area contributed by atoms with E-state index >= 15 is 0 Å². The molecule has 0 spiro atoms. The Bertz CT molecular complexity index is 473. The molecule has 2 rings (SSSR count). The van der Waals surface area contributed by atoms with Gasteiger partial charge < -0.3 is 10.1 Å². The number of hydrogen-bond donors (Lipinski definition) is 1. The number of hydrogen-bond acceptors (Lipinski definition) is 3. The Morgan fingerprint density at radius 3 is 2.57 bits per heavy atom. The van der Waals surface area contributed by atoms with Gasteiger partial charge in [-0.3, -0.25) is 4.79 Å². The van der Waals surface area contributed by atoms with Gasteiger partial charge in [0.05, 0.1) is 17.1 Å². The van der Waals surface area contributed by atoms with Crippen molar-refractivity contribution in [2.45, 2.75) is 78.0 Å². The van der Waals surface area contributed by atoms with Crippen molar-refractivity contribution < 1.29 is 9.53 Å². The summed E-state index contributed by atoms with van der Waals surface area (Å²) in [5.74, 6) is 0.0864. The highest BCUT2D eigenvalue weighted by Gasteiger charge is 2.26. The van der Waals surface area contributed by atoms with E-state index in [4.69, 9.17) is 4.74 Å². The number of thiophene rings is 1. The predicted molar refractivity (Wildman–Crippen MR) is 88.2 cm³/mol. The van der Waals surface area contributed by atoms with Crippen LogP contribution in [0.25, 0.3) is 0 Å². The van der Waals surface area contributed by atoms with E-state index in [0.29, 0.717) is 0 Å². The molecular weight excluding hydrogens is 282 g/mol. The third kappa shape index (κ3) is 4.30. The molecule has 1 aromatic rings. The average Bonchev–Trinajstić information content (AvgIpc) is 2.81. The van der Waals surface area contributed by atoms with Crippen LogP contribution in [0.5, 0.6) is 0 Å². The van der Waals surface area contributed by atoms with E-state index in [9.17, 15) is 4.79 Å². The molecule has 0 saturated carbocycles. The summed E-state index contributed by atoms with van der Waals surface area (Å²) in [6, 6.07) is 2.31. The van der Waals surface area contributed by atoms with Crippen LogP contribution in [0.4, 0.5) is 0 Å². The third-order valence-electron chi connectivity index (χ3n) is 4.01. The van der Waals surface area contributed by atoms with Crippen LogP contribution in [0.1, 0.15) is 67.1 Å². The summed E-state index contributed by atoms with van der Waals surface area (Å²) >= 11 is 1.66. The zero-order valence-electron chi connectivity index (χ0n) is 13.6. The second-order valence-electron chi connectivity index (χ2n) is 6.06. The second-order valence-corrected chi connectivity index (χ2v) is 7.20. The summed E-state index contributed by atoms with van der Waals surface area (Å²) in [6.07, 6.45) is 5.47. The molecule has 0 radical (unpaired) electrons. The molecule has 1 unspecified atom stereocenters. The van der Waals surface area contributed by atoms with Crippen molar-refractivity contribution in [3.63, 3.8) is 0 Å². The number of ether oxygens (including phenoxy) is 1. The lowest BCUT2D eigenvalue weighted by atomic mass is 10.00. The molecule has 0 aromatic carbocycles. The molecule has 1 fully saturated rings. The van der Waals surface area contributed by atoms with Gasteiger partial charge >= 0.3 is 0 Å². The molecule has 3 nitrogen and oxygen atoms in total. The van der Waals surface area contributed by atoms with Crippen LogP contribution < -0.4 is 5.32 Å². The van der Waals surface area contributed by atoms with Crippen LogP contribution in [-0.2, 0) is 17.6 Å². The Balaban J connectivity index is 2.02. The lowest BCUT2D eigenvalue weighted by Crippen LogP contribution is -2.43. The summed E-state index contributed by atoms with van der Waals surface area (Å²) < 4.78 is 5.73. The molecule has 118 valence electrons. The summed E-state index contributed by atoms with van der Waals surface area (Å²) in [5, 5.41) is 3.19. The largest absolute Gasteiger partial charge is 0.375 e. The third-order valence-corrected chi connectivity index (χ3v) is 5.25. The maximum atomic E-state index is 12.5. The van der Waals surface area contributed by atoms with Crippen LogP contribution in [-0.4, -0.2) is 24.2 Å². The Hall–Kier alpha value is -0.870. The highest BCUT2D eigenvalue weighted by atomic mass is 32.1. The van der Waals surface area contributed by atoms with Crippen molar-refractivity contribution in [1.82, 2.24) is 5.32 Å². The van der Waals surface area contributed by atoms with Gasteiger partial charge in [-0.15, -0.1) is 11.3 Å². The summed E-state index contributed by atoms with van der Waals surface area (Å²) in [6.45, 7) is 8.50. The van der Waals surface area contributed by atoms with Crippen LogP contribution in [0.15, 0.2) is 6.07 Å². The molecule has 1 aromatic heterocycles. The van der Waals surface area contributed by atoms with E-state index in [2.05, 4.69) is 39.1 Å². The van der Waals surface area contributed by atoms with Crippen molar-refractivity contribution in [2.75, 3.05) is 0 Å². The highest BCUT2D eigenvalue weighted by molar-refractivity contribution is 7.14. The second kappa shape index (κ2) is 7.41. The SMILES string of the molecule is CCCc1sc(C(=O)NC2C[C@@H](C)O[C@@H](C)C2)cc1CC. The first-order valence-corrected chi connectivity index (χ1v) is 8.93. The van der Waals surface area contributed by atoms with Crippen molar-refractivity contribution in [3.05, 3.63) is 21.4 Å². The van der Waals surface area contributed by atoms with Gasteiger partial charge in [-0.05, 0) is 51.2 Å². The molecule has 1 amide bonds. The predicted octanol–water partition coefficient (Wildman–Crippen LogP) is 3.95. The first-order valence-electron chi connectivity index (χ1n) is 8.11. The number of amides is 1. The minimum atomic E-state index is 0.0864. The summed E-state index contributed by atoms with van der Waals surface area (Å²) in [4.78, 5) is 14.7. The van der Waals surface area contributed by atoms with Gasteiger partial charge in [0.25, 0.3) is 5.91 Å². The Morgan fingerprint density at radius 2 is 2.00 bits per heavy atom. The number of rotatable bonds is 5. The number of carbonyl (C=O) groups is 1. The van der Waals surface area contributed by atoms with E-state index in [1.54, 1.807) is 11.3 Å². The van der Waals surface area contributed by atoms with E-state index in [-0.39, 0.29) is 24.2 Å². The molecule has 3 atom stereocenters. The topological polar surface area (TPSA) is 38.3 Å². The van der Waals surface area contributed by atoms with Gasteiger partial charge in [0.1, 0.15) is 0 Å². The van der Waals surface area contributed by atoms with E-state index in [1.165, 1.54) is 10.4 Å². The van der Waals surface area contributed by atoms with Gasteiger partial charge in [0.2, 0.25) is 0 Å². The van der Waals surface area contributed by atoms with Gasteiger partial charge in [-0.1, -0.05) is 20.3 Å². The Kier molecular flexibility index (Phi) is 5.82. The van der Waals surface area contributed by atoms with E-state index in [0.717, 1.165) is 37.0 Å². The molecule has 1 saturated heterocycles. The highest BCUT2D eigenvalue weighted by Crippen LogP contribution is 2.25. The molecular formula is C17H27NO2S. The van der Waals surface area contributed by atoms with Crippen molar-refractivity contribution in [1.29, 1.82) is 0 Å². The molecule has 4 heteroatoms. The standard InChI is InChI=1S/C17H27NO2S/c1-5-7-15-13(6-2)10-16(21-15)17(19)18-14-8-11(3)20-12(4)9-14/h10-12,14H,5-9H2,1-4H3,(H,18,19)/t11-,12+,14?. The fourth-order valence-electron chi connectivity index (χ4n) is 3.10. The van der Waals surface area contributed by atoms with E-state index < -0.39 is 0 Å². The summed E-state index contributed by atoms with van der Waals surface area (Å²) in [5.41, 5.74) is 1.33. The van der Waals surface area contributed by atoms with Crippen molar-refractivity contribution >= 4 is 17.2 Å². The fraction of sp³-hybridized carbons (Fsp3) is 0.706. The van der Waals surface area contributed by atoms with Gasteiger partial charge in [0.15, 0.2) is 0 Å². The van der Waals surface area contributed by atoms with Gasteiger partial charge in [-0.25, -0.2) is 0 Å². The molecule has 0 aliphatic carbocycles. The van der Waals surface area contributed by atoms with Crippen molar-refractivity contribution in [3.8, 4) is 0 Å². The van der Waals surface area contributed by atoms with Crippen LogP contribution in [0.3, 0.4) is 0 Å². The monoisotopic (exact) mass is 309 g/mol. The number of aryl methyl sites for hydroxylation is 2. The maximum Gasteiger partial charge on any atom is 0.261 e. The van der Waals surface area contributed by atoms with E-state index in [1.807, 2.05) is 0 Å². The smallest absolute Gasteiger partial charge is 0.261 e. The Morgan fingerprint density at radius 1 is 1.33 bits per heavy atom. The Labute approximate surface area is 132 Å². The fourth-order valence-corrected chi connectivity index (χ4v) is 4.35. The lowest BCUT2D eigenvalue weighted by molar-refractivity contribution is -0.0407. The minimum absolute atomic E-state index is 0.0864. The van der Waals surface area contributed by atoms with Crippen LogP contribution in [0.2, 0.25) is 0 Å². The number of carbonyl (C=O) groups excluding carboxylic acids is 1. The average molecular weight is 309 g/mol. The molecule has 2 heterocycles. The molecule has 1 N–H and O–H groups in total. The minimum Gasteiger partial charge on any atom is -0.375 e. The van der Waals surface area contributed by atoms with Gasteiger partial charge in [0, 0.05) is 10.9 Å². The lowest BCUT2D eigenvalue weighted by Gasteiger charge is -2.32. The zero-order valence-corrected chi connectivity index (χ0v) is 14.4. The molecule has 0 bridgehead atoms. The maximum absolute atomic E-state index is 12.5.